The van der Waals surface area contributed by atoms with Gasteiger partial charge in [0.2, 0.25) is 5.91 Å². The van der Waals surface area contributed by atoms with Gasteiger partial charge in [-0.05, 0) is 38.5 Å². The predicted octanol–water partition coefficient (Wildman–Crippen LogP) is 0.217. The number of nitrogens with one attached hydrogen (secondary N) is 1. The lowest BCUT2D eigenvalue weighted by Gasteiger charge is -2.28. The van der Waals surface area contributed by atoms with Crippen molar-refractivity contribution in [2.75, 3.05) is 6.61 Å². The van der Waals surface area contributed by atoms with Gasteiger partial charge in [-0.15, -0.1) is 10.1 Å². The van der Waals surface area contributed by atoms with Crippen molar-refractivity contribution in [1.29, 1.82) is 0 Å². The van der Waals surface area contributed by atoms with E-state index in [1.165, 1.54) is 0 Å². The average Bonchev–Trinajstić information content (AvgIpc) is 2.28. The number of carbonyl (C=O) groups excluding carboxylic acids is 1. The maximum atomic E-state index is 11.4. The Hall–Kier alpha value is -1.37. The molecule has 98 valence electrons. The van der Waals surface area contributed by atoms with E-state index in [0.29, 0.717) is 0 Å². The van der Waals surface area contributed by atoms with E-state index in [1.807, 2.05) is 0 Å². The third-order valence-electron chi connectivity index (χ3n) is 3.02. The zero-order valence-corrected chi connectivity index (χ0v) is 9.93. The van der Waals surface area contributed by atoms with Crippen LogP contribution in [0.5, 0.6) is 0 Å². The van der Waals surface area contributed by atoms with Crippen molar-refractivity contribution in [3.05, 3.63) is 10.1 Å². The van der Waals surface area contributed by atoms with E-state index in [-0.39, 0.29) is 24.5 Å². The van der Waals surface area contributed by atoms with E-state index in [9.17, 15) is 14.9 Å². The van der Waals surface area contributed by atoms with E-state index in [4.69, 9.17) is 5.73 Å². The Labute approximate surface area is 99.8 Å². The topological polar surface area (TPSA) is 107 Å². The molecule has 0 aromatic carbocycles. The molecule has 3 N–H and O–H groups in total. The number of amides is 1. The minimum Gasteiger partial charge on any atom is -0.352 e. The Kier molecular flexibility index (Phi) is 5.14. The van der Waals surface area contributed by atoms with Gasteiger partial charge in [-0.25, -0.2) is 0 Å². The molecule has 0 aromatic rings. The van der Waals surface area contributed by atoms with Gasteiger partial charge in [0.25, 0.3) is 5.09 Å². The van der Waals surface area contributed by atoms with Crippen LogP contribution in [-0.2, 0) is 9.63 Å². The summed E-state index contributed by atoms with van der Waals surface area (Å²) in [6, 6.07) is -0.356. The molecule has 0 aromatic heterocycles. The van der Waals surface area contributed by atoms with Crippen LogP contribution in [-0.4, -0.2) is 29.7 Å². The van der Waals surface area contributed by atoms with Crippen LogP contribution >= 0.6 is 0 Å². The summed E-state index contributed by atoms with van der Waals surface area (Å²) in [5.74, 6) is 0.0684. The highest BCUT2D eigenvalue weighted by Gasteiger charge is 2.23. The van der Waals surface area contributed by atoms with Gasteiger partial charge in [0.05, 0.1) is 12.6 Å². The molecule has 0 spiro atoms. The minimum atomic E-state index is -0.760. The lowest BCUT2D eigenvalue weighted by molar-refractivity contribution is -0.759. The second-order valence-corrected chi connectivity index (χ2v) is 4.53. The van der Waals surface area contributed by atoms with E-state index in [0.717, 1.165) is 25.7 Å². The monoisotopic (exact) mass is 245 g/mol. The third kappa shape index (κ3) is 4.99. The first kappa shape index (κ1) is 13.7. The molecule has 1 saturated carbocycles. The van der Waals surface area contributed by atoms with Crippen LogP contribution in [0.4, 0.5) is 0 Å². The zero-order valence-electron chi connectivity index (χ0n) is 9.93. The number of hydrogen-bond donors (Lipinski definition) is 2. The molecule has 7 heteroatoms. The Bertz CT molecular complexity index is 275. The summed E-state index contributed by atoms with van der Waals surface area (Å²) in [5.41, 5.74) is 5.45. The number of nitrogens with two attached hydrogens (primary N) is 1. The standard InChI is InChI=1S/C10H19N3O4/c1-7(11)10(14)12-9-4-2-8(3-5-9)6-17-13(15)16/h7-9H,2-6,11H2,1H3,(H,12,14). The largest absolute Gasteiger partial charge is 0.352 e. The van der Waals surface area contributed by atoms with Crippen molar-refractivity contribution in [2.45, 2.75) is 44.7 Å². The van der Waals surface area contributed by atoms with Gasteiger partial charge in [-0.2, -0.15) is 0 Å². The molecule has 17 heavy (non-hydrogen) atoms. The fourth-order valence-corrected chi connectivity index (χ4v) is 1.97. The highest BCUT2D eigenvalue weighted by atomic mass is 16.9. The van der Waals surface area contributed by atoms with Crippen LogP contribution in [0.15, 0.2) is 0 Å². The highest BCUT2D eigenvalue weighted by molar-refractivity contribution is 5.81. The molecular weight excluding hydrogens is 226 g/mol. The van der Waals surface area contributed by atoms with E-state index >= 15 is 0 Å². The lowest BCUT2D eigenvalue weighted by atomic mass is 9.86. The third-order valence-corrected chi connectivity index (χ3v) is 3.02. The van der Waals surface area contributed by atoms with Crippen molar-refractivity contribution in [3.8, 4) is 0 Å². The van der Waals surface area contributed by atoms with Crippen molar-refractivity contribution in [3.63, 3.8) is 0 Å². The molecule has 1 atom stereocenters. The van der Waals surface area contributed by atoms with Gasteiger partial charge in [0.15, 0.2) is 0 Å². The molecular formula is C10H19N3O4. The van der Waals surface area contributed by atoms with Gasteiger partial charge in [-0.1, -0.05) is 0 Å². The normalized spacial score (nSPS) is 26.0. The van der Waals surface area contributed by atoms with Crippen LogP contribution < -0.4 is 11.1 Å². The number of carbonyl (C=O) groups is 1. The van der Waals surface area contributed by atoms with Gasteiger partial charge in [0, 0.05) is 6.04 Å². The van der Waals surface area contributed by atoms with Crippen molar-refractivity contribution < 1.29 is 14.7 Å². The summed E-state index contributed by atoms with van der Waals surface area (Å²) >= 11 is 0. The zero-order chi connectivity index (χ0) is 12.8. The predicted molar refractivity (Wildman–Crippen MR) is 60.5 cm³/mol. The molecule has 1 unspecified atom stereocenters. The van der Waals surface area contributed by atoms with Gasteiger partial charge in [-0.3, -0.25) is 4.79 Å². The lowest BCUT2D eigenvalue weighted by Crippen LogP contribution is -2.45. The SMILES string of the molecule is CC(N)C(=O)NC1CCC(CO[N+](=O)[O-])CC1. The first-order valence-electron chi connectivity index (χ1n) is 5.82. The second kappa shape index (κ2) is 6.39. The molecule has 0 bridgehead atoms. The molecule has 1 rings (SSSR count). The van der Waals surface area contributed by atoms with Crippen LogP contribution in [0.25, 0.3) is 0 Å². The first-order chi connectivity index (χ1) is 7.99. The van der Waals surface area contributed by atoms with Crippen molar-refractivity contribution in [2.24, 2.45) is 11.7 Å². The maximum absolute atomic E-state index is 11.4. The summed E-state index contributed by atoms with van der Waals surface area (Å²) in [6.45, 7) is 1.80. The number of nitrogens with zero attached hydrogens (tertiary/aromatic N) is 1. The number of rotatable bonds is 5. The summed E-state index contributed by atoms with van der Waals surface area (Å²) in [6.07, 6.45) is 3.31. The number of hydrogen-bond acceptors (Lipinski definition) is 5. The summed E-state index contributed by atoms with van der Waals surface area (Å²) in [4.78, 5) is 25.7. The summed E-state index contributed by atoms with van der Waals surface area (Å²) < 4.78 is 0. The van der Waals surface area contributed by atoms with E-state index in [1.54, 1.807) is 6.92 Å². The Balaban J connectivity index is 2.21. The second-order valence-electron chi connectivity index (χ2n) is 4.53. The molecule has 1 amide bonds. The van der Waals surface area contributed by atoms with Gasteiger partial charge >= 0.3 is 0 Å². The molecule has 0 saturated heterocycles. The average molecular weight is 245 g/mol. The van der Waals surface area contributed by atoms with Crippen LogP contribution in [0, 0.1) is 16.0 Å². The van der Waals surface area contributed by atoms with Crippen LogP contribution in [0.2, 0.25) is 0 Å². The van der Waals surface area contributed by atoms with Gasteiger partial charge < -0.3 is 15.9 Å². The minimum absolute atomic E-state index is 0.139. The van der Waals surface area contributed by atoms with Crippen molar-refractivity contribution >= 4 is 5.91 Å². The van der Waals surface area contributed by atoms with Crippen LogP contribution in [0.1, 0.15) is 32.6 Å². The Morgan fingerprint density at radius 3 is 2.59 bits per heavy atom. The van der Waals surface area contributed by atoms with Crippen LogP contribution in [0.3, 0.4) is 0 Å². The molecule has 1 aliphatic carbocycles. The quantitative estimate of drug-likeness (QED) is 0.532. The molecule has 7 nitrogen and oxygen atoms in total. The maximum Gasteiger partial charge on any atom is 0.294 e. The Morgan fingerprint density at radius 1 is 1.53 bits per heavy atom. The molecule has 1 aliphatic rings. The smallest absolute Gasteiger partial charge is 0.294 e. The fourth-order valence-electron chi connectivity index (χ4n) is 1.97. The van der Waals surface area contributed by atoms with Crippen molar-refractivity contribution in [1.82, 2.24) is 5.32 Å². The summed E-state index contributed by atoms with van der Waals surface area (Å²) in [7, 11) is 0. The highest BCUT2D eigenvalue weighted by Crippen LogP contribution is 2.24. The molecule has 0 heterocycles. The molecule has 1 fully saturated rings. The molecule has 0 aliphatic heterocycles. The first-order valence-corrected chi connectivity index (χ1v) is 5.82. The summed E-state index contributed by atoms with van der Waals surface area (Å²) in [5, 5.41) is 12.1. The fraction of sp³-hybridized carbons (Fsp3) is 0.900. The molecule has 0 radical (unpaired) electrons. The van der Waals surface area contributed by atoms with E-state index in [2.05, 4.69) is 10.2 Å². The Morgan fingerprint density at radius 2 is 2.12 bits per heavy atom. The van der Waals surface area contributed by atoms with Gasteiger partial charge in [0.1, 0.15) is 0 Å². The van der Waals surface area contributed by atoms with E-state index < -0.39 is 11.1 Å².